The highest BCUT2D eigenvalue weighted by molar-refractivity contribution is 6.33. The molecule has 140 valence electrons. The molecule has 0 spiro atoms. The average Bonchev–Trinajstić information content (AvgIpc) is 2.63. The van der Waals surface area contributed by atoms with Crippen molar-refractivity contribution in [3.8, 4) is 5.75 Å². The summed E-state index contributed by atoms with van der Waals surface area (Å²) in [6, 6.07) is 6.84. The van der Waals surface area contributed by atoms with Gasteiger partial charge in [0.25, 0.3) is 5.69 Å². The van der Waals surface area contributed by atoms with Crippen LogP contribution in [-0.4, -0.2) is 28.9 Å². The van der Waals surface area contributed by atoms with Crippen LogP contribution in [0.1, 0.15) is 30.1 Å². The smallest absolute Gasteiger partial charge is 0.271 e. The molecule has 2 aromatic rings. The van der Waals surface area contributed by atoms with Crippen LogP contribution in [0.4, 0.5) is 22.7 Å². The fourth-order valence-corrected chi connectivity index (χ4v) is 3.14. The van der Waals surface area contributed by atoms with Gasteiger partial charge >= 0.3 is 0 Å². The number of nitro benzene ring substituents is 1. The summed E-state index contributed by atoms with van der Waals surface area (Å²) >= 11 is 5.99. The van der Waals surface area contributed by atoms with E-state index >= 15 is 0 Å². The van der Waals surface area contributed by atoms with Crippen LogP contribution in [0.5, 0.6) is 5.75 Å². The number of phenols is 1. The summed E-state index contributed by atoms with van der Waals surface area (Å²) in [5.74, 6) is -0.117. The highest BCUT2D eigenvalue weighted by atomic mass is 35.5. The number of halogens is 1. The van der Waals surface area contributed by atoms with Crippen molar-refractivity contribution in [3.05, 3.63) is 51.0 Å². The van der Waals surface area contributed by atoms with Crippen molar-refractivity contribution in [2.45, 2.75) is 19.8 Å². The zero-order chi connectivity index (χ0) is 19.6. The van der Waals surface area contributed by atoms with Crippen LogP contribution in [0.15, 0.2) is 40.6 Å². The molecule has 9 heteroatoms. The van der Waals surface area contributed by atoms with Gasteiger partial charge in [-0.1, -0.05) is 18.5 Å². The van der Waals surface area contributed by atoms with Crippen molar-refractivity contribution < 1.29 is 14.8 Å². The van der Waals surface area contributed by atoms with Crippen LogP contribution >= 0.6 is 11.6 Å². The maximum atomic E-state index is 12.3. The van der Waals surface area contributed by atoms with Gasteiger partial charge in [0.2, 0.25) is 0 Å². The van der Waals surface area contributed by atoms with Gasteiger partial charge in [0, 0.05) is 43.3 Å². The molecular formula is C18H17ClN4O4. The van der Waals surface area contributed by atoms with Crippen LogP contribution in [0, 0.1) is 10.1 Å². The standard InChI is InChI=1S/C18H17ClN4O4/c1-2-6-22-7-5-17(24)12-9-15(18(25)10-16(12)22)21-20-14-4-3-11(23(26)27)8-13(14)19/h3-4,8-10,25H,2,5-7H2,1H3. The summed E-state index contributed by atoms with van der Waals surface area (Å²) < 4.78 is 0. The number of hydrogen-bond acceptors (Lipinski definition) is 7. The molecule has 8 nitrogen and oxygen atoms in total. The van der Waals surface area contributed by atoms with E-state index in [-0.39, 0.29) is 33.6 Å². The second-order valence-electron chi connectivity index (χ2n) is 6.11. The monoisotopic (exact) mass is 388 g/mol. The van der Waals surface area contributed by atoms with E-state index in [1.807, 2.05) is 6.92 Å². The lowest BCUT2D eigenvalue weighted by atomic mass is 9.99. The van der Waals surface area contributed by atoms with Crippen LogP contribution < -0.4 is 4.90 Å². The third kappa shape index (κ3) is 3.90. The van der Waals surface area contributed by atoms with E-state index in [9.17, 15) is 20.0 Å². The van der Waals surface area contributed by atoms with Gasteiger partial charge in [0.05, 0.1) is 15.6 Å². The van der Waals surface area contributed by atoms with Gasteiger partial charge < -0.3 is 10.0 Å². The Labute approximate surface area is 160 Å². The number of rotatable bonds is 5. The number of ketones is 1. The molecule has 3 rings (SSSR count). The number of fused-ring (bicyclic) bond motifs is 1. The number of azo groups is 1. The number of hydrogen-bond donors (Lipinski definition) is 1. The summed E-state index contributed by atoms with van der Waals surface area (Å²) in [6.07, 6.45) is 1.33. The molecule has 0 aromatic heterocycles. The van der Waals surface area contributed by atoms with Crippen LogP contribution in [-0.2, 0) is 0 Å². The lowest BCUT2D eigenvalue weighted by molar-refractivity contribution is -0.384. The second-order valence-corrected chi connectivity index (χ2v) is 6.52. The first-order valence-electron chi connectivity index (χ1n) is 8.41. The van der Waals surface area contributed by atoms with Crippen molar-refractivity contribution in [1.82, 2.24) is 0 Å². The normalized spacial score (nSPS) is 13.9. The molecule has 1 N–H and O–H groups in total. The highest BCUT2D eigenvalue weighted by Crippen LogP contribution is 2.39. The maximum absolute atomic E-state index is 12.3. The topological polar surface area (TPSA) is 108 Å². The molecule has 0 unspecified atom stereocenters. The second kappa shape index (κ2) is 7.71. The van der Waals surface area contributed by atoms with E-state index in [1.165, 1.54) is 30.3 Å². The Balaban J connectivity index is 1.94. The number of carbonyl (C=O) groups excluding carboxylic acids is 1. The van der Waals surface area contributed by atoms with Gasteiger partial charge in [-0.15, -0.1) is 10.2 Å². The lowest BCUT2D eigenvalue weighted by Crippen LogP contribution is -2.32. The Morgan fingerprint density at radius 1 is 1.26 bits per heavy atom. The minimum atomic E-state index is -0.560. The average molecular weight is 389 g/mol. The SMILES string of the molecule is CCCN1CCC(=O)c2cc(N=Nc3ccc([N+](=O)[O-])cc3Cl)c(O)cc21. The number of nitrogens with zero attached hydrogens (tertiary/aromatic N) is 4. The van der Waals surface area contributed by atoms with Crippen molar-refractivity contribution in [2.75, 3.05) is 18.0 Å². The van der Waals surface area contributed by atoms with E-state index in [0.717, 1.165) is 13.0 Å². The quantitative estimate of drug-likeness (QED) is 0.431. The first kappa shape index (κ1) is 18.8. The van der Waals surface area contributed by atoms with E-state index in [1.54, 1.807) is 0 Å². The van der Waals surface area contributed by atoms with Gasteiger partial charge in [-0.2, -0.15) is 0 Å². The largest absolute Gasteiger partial charge is 0.506 e. The molecule has 1 aliphatic heterocycles. The predicted octanol–water partition coefficient (Wildman–Crippen LogP) is 5.17. The predicted molar refractivity (Wildman–Crippen MR) is 102 cm³/mol. The number of carbonyl (C=O) groups is 1. The van der Waals surface area contributed by atoms with Gasteiger partial charge in [0.15, 0.2) is 5.78 Å². The molecule has 0 aliphatic carbocycles. The van der Waals surface area contributed by atoms with Crippen molar-refractivity contribution in [1.29, 1.82) is 0 Å². The summed E-state index contributed by atoms with van der Waals surface area (Å²) in [5, 5.41) is 29.0. The number of Topliss-reactive ketones (excluding diaryl/α,β-unsaturated/α-hetero) is 1. The number of benzene rings is 2. The Morgan fingerprint density at radius 2 is 2.00 bits per heavy atom. The van der Waals surface area contributed by atoms with Crippen LogP contribution in [0.3, 0.4) is 0 Å². The molecule has 0 radical (unpaired) electrons. The third-order valence-electron chi connectivity index (χ3n) is 4.24. The minimum Gasteiger partial charge on any atom is -0.506 e. The zero-order valence-corrected chi connectivity index (χ0v) is 15.3. The van der Waals surface area contributed by atoms with E-state index in [2.05, 4.69) is 15.1 Å². The van der Waals surface area contributed by atoms with Gasteiger partial charge in [-0.05, 0) is 18.6 Å². The van der Waals surface area contributed by atoms with E-state index in [0.29, 0.717) is 24.2 Å². The molecular weight excluding hydrogens is 372 g/mol. The van der Waals surface area contributed by atoms with Crippen molar-refractivity contribution >= 4 is 40.1 Å². The third-order valence-corrected chi connectivity index (χ3v) is 4.55. The van der Waals surface area contributed by atoms with E-state index in [4.69, 9.17) is 11.6 Å². The highest BCUT2D eigenvalue weighted by Gasteiger charge is 2.24. The summed E-state index contributed by atoms with van der Waals surface area (Å²) in [6.45, 7) is 3.46. The zero-order valence-electron chi connectivity index (χ0n) is 14.6. The number of non-ortho nitro benzene ring substituents is 1. The number of anilines is 1. The van der Waals surface area contributed by atoms with Crippen LogP contribution in [0.2, 0.25) is 5.02 Å². The Morgan fingerprint density at radius 3 is 2.67 bits per heavy atom. The van der Waals surface area contributed by atoms with Gasteiger partial charge in [-0.25, -0.2) is 0 Å². The maximum Gasteiger partial charge on any atom is 0.271 e. The Bertz CT molecular complexity index is 945. The molecule has 0 saturated heterocycles. The Hall–Kier alpha value is -3.00. The summed E-state index contributed by atoms with van der Waals surface area (Å²) in [5.41, 5.74) is 1.39. The van der Waals surface area contributed by atoms with Crippen LogP contribution in [0.25, 0.3) is 0 Å². The number of phenolic OH excluding ortho intramolecular Hbond substituents is 1. The van der Waals surface area contributed by atoms with Gasteiger partial charge in [0.1, 0.15) is 17.1 Å². The minimum absolute atomic E-state index is 0.0119. The fraction of sp³-hybridized carbons (Fsp3) is 0.278. The molecule has 0 fully saturated rings. The lowest BCUT2D eigenvalue weighted by Gasteiger charge is -2.30. The first-order valence-corrected chi connectivity index (χ1v) is 8.79. The molecule has 0 amide bonds. The number of nitro groups is 1. The molecule has 1 aliphatic rings. The number of aromatic hydroxyl groups is 1. The first-order chi connectivity index (χ1) is 12.9. The molecule has 0 saturated carbocycles. The molecule has 27 heavy (non-hydrogen) atoms. The summed E-state index contributed by atoms with van der Waals surface area (Å²) in [4.78, 5) is 24.5. The van der Waals surface area contributed by atoms with Crippen molar-refractivity contribution in [3.63, 3.8) is 0 Å². The molecule has 0 bridgehead atoms. The fourth-order valence-electron chi connectivity index (χ4n) is 2.92. The van der Waals surface area contributed by atoms with Crippen molar-refractivity contribution in [2.24, 2.45) is 10.2 Å². The molecule has 1 heterocycles. The van der Waals surface area contributed by atoms with Gasteiger partial charge in [-0.3, -0.25) is 14.9 Å². The molecule has 2 aromatic carbocycles. The molecule has 0 atom stereocenters. The Kier molecular flexibility index (Phi) is 5.36. The summed E-state index contributed by atoms with van der Waals surface area (Å²) in [7, 11) is 0. The van der Waals surface area contributed by atoms with E-state index < -0.39 is 4.92 Å².